The highest BCUT2D eigenvalue weighted by molar-refractivity contribution is 9.10. The first-order chi connectivity index (χ1) is 10.5. The fourth-order valence-corrected chi connectivity index (χ4v) is 2.87. The summed E-state index contributed by atoms with van der Waals surface area (Å²) >= 11 is 3.33. The van der Waals surface area contributed by atoms with Gasteiger partial charge in [-0.15, -0.1) is 0 Å². The van der Waals surface area contributed by atoms with E-state index < -0.39 is 11.8 Å². The molecular formula is C17H12BrNO3. The summed E-state index contributed by atoms with van der Waals surface area (Å²) in [6.45, 7) is 1.75. The van der Waals surface area contributed by atoms with Gasteiger partial charge in [-0.25, -0.2) is 4.90 Å². The molecule has 22 heavy (non-hydrogen) atoms. The van der Waals surface area contributed by atoms with Crippen LogP contribution >= 0.6 is 15.9 Å². The number of halogens is 1. The number of rotatable bonds is 3. The molecular weight excluding hydrogens is 346 g/mol. The fraction of sp³-hybridized carbons (Fsp3) is 0.118. The molecule has 2 aromatic carbocycles. The Morgan fingerprint density at radius 2 is 1.64 bits per heavy atom. The topological polar surface area (TPSA) is 54.5 Å². The molecule has 5 heteroatoms. The first-order valence-corrected chi connectivity index (χ1v) is 7.64. The summed E-state index contributed by atoms with van der Waals surface area (Å²) in [4.78, 5) is 38.3. The molecule has 0 saturated heterocycles. The Morgan fingerprint density at radius 3 is 2.18 bits per heavy atom. The Kier molecular flexibility index (Phi) is 3.66. The first kappa shape index (κ1) is 14.7. The van der Waals surface area contributed by atoms with Crippen LogP contribution in [0.2, 0.25) is 0 Å². The number of imide groups is 1. The van der Waals surface area contributed by atoms with Crippen LogP contribution in [-0.2, 0) is 0 Å². The van der Waals surface area contributed by atoms with Crippen molar-refractivity contribution in [2.24, 2.45) is 0 Å². The molecule has 1 aliphatic heterocycles. The van der Waals surface area contributed by atoms with Gasteiger partial charge in [-0.05, 0) is 30.3 Å². The second kappa shape index (κ2) is 5.50. The molecule has 4 nitrogen and oxygen atoms in total. The number of Topliss-reactive ketones (excluding diaryl/α,β-unsaturated/α-hetero) is 1. The number of fused-ring (bicyclic) bond motifs is 1. The minimum Gasteiger partial charge on any atom is -0.294 e. The van der Waals surface area contributed by atoms with E-state index in [0.29, 0.717) is 33.3 Å². The highest BCUT2D eigenvalue weighted by Crippen LogP contribution is 2.33. The molecule has 0 fully saturated rings. The van der Waals surface area contributed by atoms with Crippen molar-refractivity contribution in [3.05, 3.63) is 63.6 Å². The lowest BCUT2D eigenvalue weighted by Gasteiger charge is -2.17. The van der Waals surface area contributed by atoms with Gasteiger partial charge in [-0.1, -0.05) is 35.0 Å². The van der Waals surface area contributed by atoms with Gasteiger partial charge in [0.05, 0.1) is 16.8 Å². The van der Waals surface area contributed by atoms with E-state index in [1.807, 2.05) is 0 Å². The van der Waals surface area contributed by atoms with Gasteiger partial charge >= 0.3 is 0 Å². The van der Waals surface area contributed by atoms with E-state index in [1.165, 1.54) is 0 Å². The molecule has 0 aromatic heterocycles. The van der Waals surface area contributed by atoms with Crippen molar-refractivity contribution in [3.8, 4) is 0 Å². The lowest BCUT2D eigenvalue weighted by atomic mass is 10.1. The minimum absolute atomic E-state index is 0.112. The van der Waals surface area contributed by atoms with E-state index in [2.05, 4.69) is 15.9 Å². The molecule has 0 N–H and O–H groups in total. The number of hydrogen-bond donors (Lipinski definition) is 0. The molecule has 0 spiro atoms. The van der Waals surface area contributed by atoms with Crippen molar-refractivity contribution >= 4 is 39.2 Å². The summed E-state index contributed by atoms with van der Waals surface area (Å²) in [7, 11) is 0. The molecule has 1 heterocycles. The normalized spacial score (nSPS) is 13.5. The fourth-order valence-electron chi connectivity index (χ4n) is 2.52. The number of anilines is 1. The van der Waals surface area contributed by atoms with Crippen LogP contribution in [-0.4, -0.2) is 17.6 Å². The van der Waals surface area contributed by atoms with Crippen molar-refractivity contribution in [2.75, 3.05) is 4.90 Å². The average molecular weight is 358 g/mol. The van der Waals surface area contributed by atoms with Gasteiger partial charge in [-0.3, -0.25) is 14.4 Å². The Balaban J connectivity index is 2.17. The molecule has 0 unspecified atom stereocenters. The zero-order chi connectivity index (χ0) is 15.9. The van der Waals surface area contributed by atoms with Gasteiger partial charge in [0.25, 0.3) is 11.8 Å². The summed E-state index contributed by atoms with van der Waals surface area (Å²) in [5.74, 6) is -0.910. The highest BCUT2D eigenvalue weighted by atomic mass is 79.9. The second-order valence-electron chi connectivity index (χ2n) is 4.93. The van der Waals surface area contributed by atoms with Gasteiger partial charge in [0, 0.05) is 16.5 Å². The summed E-state index contributed by atoms with van der Waals surface area (Å²) in [6.07, 6.45) is 0.303. The maximum atomic E-state index is 12.6. The second-order valence-corrected chi connectivity index (χ2v) is 5.85. The van der Waals surface area contributed by atoms with Crippen LogP contribution in [0.25, 0.3) is 0 Å². The number of carbonyl (C=O) groups is 3. The maximum Gasteiger partial charge on any atom is 0.266 e. The average Bonchev–Trinajstić information content (AvgIpc) is 2.78. The van der Waals surface area contributed by atoms with Gasteiger partial charge in [0.15, 0.2) is 5.78 Å². The number of nitrogens with zero attached hydrogens (tertiary/aromatic N) is 1. The van der Waals surface area contributed by atoms with Crippen LogP contribution in [0.3, 0.4) is 0 Å². The van der Waals surface area contributed by atoms with E-state index in [-0.39, 0.29) is 5.78 Å². The summed E-state index contributed by atoms with van der Waals surface area (Å²) in [5, 5.41) is 0. The quantitative estimate of drug-likeness (QED) is 0.619. The highest BCUT2D eigenvalue weighted by Gasteiger charge is 2.37. The van der Waals surface area contributed by atoms with E-state index in [9.17, 15) is 14.4 Å². The zero-order valence-electron chi connectivity index (χ0n) is 11.8. The Bertz CT molecular complexity index is 778. The van der Waals surface area contributed by atoms with Crippen molar-refractivity contribution in [1.82, 2.24) is 0 Å². The van der Waals surface area contributed by atoms with E-state index in [0.717, 1.165) is 4.90 Å². The van der Waals surface area contributed by atoms with Crippen molar-refractivity contribution in [2.45, 2.75) is 13.3 Å². The Morgan fingerprint density at radius 1 is 1.05 bits per heavy atom. The molecule has 0 atom stereocenters. The van der Waals surface area contributed by atoms with Crippen LogP contribution in [0.1, 0.15) is 44.4 Å². The molecule has 0 saturated carbocycles. The minimum atomic E-state index is -0.399. The van der Waals surface area contributed by atoms with Crippen LogP contribution in [0.4, 0.5) is 5.69 Å². The lowest BCUT2D eigenvalue weighted by Crippen LogP contribution is -2.31. The molecule has 0 radical (unpaired) electrons. The number of amides is 2. The van der Waals surface area contributed by atoms with Crippen molar-refractivity contribution in [3.63, 3.8) is 0 Å². The Hall–Kier alpha value is -2.27. The maximum absolute atomic E-state index is 12.6. The lowest BCUT2D eigenvalue weighted by molar-refractivity contribution is 0.0926. The van der Waals surface area contributed by atoms with Crippen molar-refractivity contribution < 1.29 is 14.4 Å². The van der Waals surface area contributed by atoms with E-state index in [4.69, 9.17) is 0 Å². The first-order valence-electron chi connectivity index (χ1n) is 6.85. The molecule has 2 aromatic rings. The monoisotopic (exact) mass is 357 g/mol. The SMILES string of the molecule is CCC(=O)c1ccc(Br)cc1N1C(=O)c2ccccc2C1=O. The predicted octanol–water partition coefficient (Wildman–Crippen LogP) is 3.84. The molecule has 110 valence electrons. The number of carbonyl (C=O) groups excluding carboxylic acids is 3. The molecule has 1 aliphatic rings. The van der Waals surface area contributed by atoms with Crippen LogP contribution < -0.4 is 4.90 Å². The summed E-state index contributed by atoms with van der Waals surface area (Å²) < 4.78 is 0.701. The predicted molar refractivity (Wildman–Crippen MR) is 86.3 cm³/mol. The van der Waals surface area contributed by atoms with E-state index >= 15 is 0 Å². The smallest absolute Gasteiger partial charge is 0.266 e. The van der Waals surface area contributed by atoms with Crippen LogP contribution in [0.15, 0.2) is 46.9 Å². The van der Waals surface area contributed by atoms with Gasteiger partial charge < -0.3 is 0 Å². The third-order valence-electron chi connectivity index (χ3n) is 3.62. The zero-order valence-corrected chi connectivity index (χ0v) is 13.4. The molecule has 2 amide bonds. The largest absolute Gasteiger partial charge is 0.294 e. The Labute approximate surface area is 135 Å². The van der Waals surface area contributed by atoms with Crippen LogP contribution in [0.5, 0.6) is 0 Å². The van der Waals surface area contributed by atoms with Gasteiger partial charge in [0.1, 0.15) is 0 Å². The van der Waals surface area contributed by atoms with Crippen LogP contribution in [0, 0.1) is 0 Å². The number of benzene rings is 2. The standard InChI is InChI=1S/C17H12BrNO3/c1-2-15(20)13-8-7-10(18)9-14(13)19-16(21)11-5-3-4-6-12(11)17(19)22/h3-9H,2H2,1H3. The molecule has 0 aliphatic carbocycles. The number of hydrogen-bond acceptors (Lipinski definition) is 3. The molecule has 0 bridgehead atoms. The third-order valence-corrected chi connectivity index (χ3v) is 4.11. The van der Waals surface area contributed by atoms with Gasteiger partial charge in [-0.2, -0.15) is 0 Å². The third kappa shape index (κ3) is 2.18. The van der Waals surface area contributed by atoms with Crippen molar-refractivity contribution in [1.29, 1.82) is 0 Å². The van der Waals surface area contributed by atoms with Gasteiger partial charge in [0.2, 0.25) is 0 Å². The van der Waals surface area contributed by atoms with E-state index in [1.54, 1.807) is 49.4 Å². The number of ketones is 1. The summed E-state index contributed by atoms with van der Waals surface area (Å²) in [6, 6.07) is 11.7. The molecule has 3 rings (SSSR count). The summed E-state index contributed by atoms with van der Waals surface area (Å²) in [5.41, 5.74) is 1.43.